The molecule has 0 unspecified atom stereocenters. The Morgan fingerprint density at radius 3 is 2.12 bits per heavy atom. The van der Waals surface area contributed by atoms with E-state index in [4.69, 9.17) is 23.1 Å². The number of aryl methyl sites for hydroxylation is 1. The van der Waals surface area contributed by atoms with Crippen molar-refractivity contribution in [2.75, 3.05) is 0 Å². The van der Waals surface area contributed by atoms with E-state index in [0.29, 0.717) is 16.3 Å². The number of primary amides is 2. The quantitative estimate of drug-likeness (QED) is 0.693. The fraction of sp³-hybridized carbons (Fsp3) is 0.188. The average Bonchev–Trinajstić information content (AvgIpc) is 2.80. The molecule has 24 heavy (non-hydrogen) atoms. The zero-order chi connectivity index (χ0) is 18.0. The summed E-state index contributed by atoms with van der Waals surface area (Å²) >= 11 is 5.89. The van der Waals surface area contributed by atoms with Gasteiger partial charge in [0.2, 0.25) is 11.8 Å². The Bertz CT molecular complexity index is 797. The number of nitrogens with one attached hydrogen (secondary N) is 1. The van der Waals surface area contributed by atoms with Gasteiger partial charge >= 0.3 is 0 Å². The highest BCUT2D eigenvalue weighted by Gasteiger charge is 2.26. The molecule has 0 saturated heterocycles. The molecular weight excluding hydrogens is 332 g/mol. The highest BCUT2D eigenvalue weighted by molar-refractivity contribution is 6.30. The second kappa shape index (κ2) is 6.76. The Hall–Kier alpha value is -2.80. The van der Waals surface area contributed by atoms with Crippen LogP contribution in [0.1, 0.15) is 21.7 Å². The molecule has 0 aliphatic rings. The number of aromatic nitrogens is 1. The third kappa shape index (κ3) is 3.41. The van der Waals surface area contributed by atoms with Crippen molar-refractivity contribution in [1.82, 2.24) is 9.88 Å². The summed E-state index contributed by atoms with van der Waals surface area (Å²) in [6.07, 6.45) is 0. The molecular formula is C16H17ClN4O3. The van der Waals surface area contributed by atoms with Crippen LogP contribution < -0.4 is 16.8 Å². The number of carbonyl (C=O) groups is 3. The number of nitrogens with zero attached hydrogens (tertiary/aromatic N) is 1. The van der Waals surface area contributed by atoms with Crippen molar-refractivity contribution in [3.63, 3.8) is 0 Å². The first kappa shape index (κ1) is 17.6. The number of rotatable bonds is 5. The van der Waals surface area contributed by atoms with Gasteiger partial charge in [0.15, 0.2) is 6.04 Å². The topological polar surface area (TPSA) is 120 Å². The van der Waals surface area contributed by atoms with Crippen molar-refractivity contribution in [3.8, 4) is 5.69 Å². The number of carbonyl (C=O) groups excluding carboxylic acids is 3. The molecule has 7 nitrogen and oxygen atoms in total. The first-order chi connectivity index (χ1) is 11.2. The zero-order valence-corrected chi connectivity index (χ0v) is 13.9. The molecule has 1 aromatic heterocycles. The number of benzene rings is 1. The van der Waals surface area contributed by atoms with Crippen LogP contribution in [0.4, 0.5) is 0 Å². The van der Waals surface area contributed by atoms with Gasteiger partial charge in [-0.05, 0) is 44.2 Å². The fourth-order valence-corrected chi connectivity index (χ4v) is 2.60. The van der Waals surface area contributed by atoms with Crippen LogP contribution in [0.15, 0.2) is 30.3 Å². The van der Waals surface area contributed by atoms with Crippen LogP contribution in [0.3, 0.4) is 0 Å². The normalized spacial score (nSPS) is 10.7. The van der Waals surface area contributed by atoms with Crippen LogP contribution in [0, 0.1) is 13.8 Å². The van der Waals surface area contributed by atoms with E-state index in [1.165, 1.54) is 0 Å². The van der Waals surface area contributed by atoms with Crippen molar-refractivity contribution in [2.45, 2.75) is 19.9 Å². The number of nitrogens with two attached hydrogens (primary N) is 2. The molecule has 0 atom stereocenters. The first-order valence-electron chi connectivity index (χ1n) is 7.06. The second-order valence-electron chi connectivity index (χ2n) is 5.31. The maximum Gasteiger partial charge on any atom is 0.254 e. The Kier molecular flexibility index (Phi) is 4.94. The summed E-state index contributed by atoms with van der Waals surface area (Å²) in [6, 6.07) is 7.21. The molecule has 5 N–H and O–H groups in total. The van der Waals surface area contributed by atoms with Crippen LogP contribution in [0.2, 0.25) is 5.02 Å². The summed E-state index contributed by atoms with van der Waals surface area (Å²) in [5.41, 5.74) is 12.7. The fourth-order valence-electron chi connectivity index (χ4n) is 2.47. The van der Waals surface area contributed by atoms with Gasteiger partial charge in [0.1, 0.15) is 0 Å². The molecule has 2 rings (SSSR count). The van der Waals surface area contributed by atoms with E-state index >= 15 is 0 Å². The predicted octanol–water partition coefficient (Wildman–Crippen LogP) is 0.817. The molecule has 0 aliphatic carbocycles. The smallest absolute Gasteiger partial charge is 0.254 e. The number of hydrogen-bond donors (Lipinski definition) is 3. The molecule has 8 heteroatoms. The van der Waals surface area contributed by atoms with E-state index < -0.39 is 23.8 Å². The summed E-state index contributed by atoms with van der Waals surface area (Å²) in [5, 5.41) is 2.85. The molecule has 126 valence electrons. The summed E-state index contributed by atoms with van der Waals surface area (Å²) in [7, 11) is 0. The third-order valence-corrected chi connectivity index (χ3v) is 3.86. The lowest BCUT2D eigenvalue weighted by molar-refractivity contribution is -0.128. The lowest BCUT2D eigenvalue weighted by atomic mass is 10.2. The summed E-state index contributed by atoms with van der Waals surface area (Å²) in [6.45, 7) is 3.58. The van der Waals surface area contributed by atoms with Gasteiger partial charge < -0.3 is 21.4 Å². The minimum atomic E-state index is -1.56. The van der Waals surface area contributed by atoms with Crippen molar-refractivity contribution in [2.24, 2.45) is 11.5 Å². The molecule has 0 saturated carbocycles. The maximum atomic E-state index is 12.4. The minimum Gasteiger partial charge on any atom is -0.367 e. The van der Waals surface area contributed by atoms with Crippen LogP contribution in [0.25, 0.3) is 5.69 Å². The van der Waals surface area contributed by atoms with Crippen LogP contribution in [-0.2, 0) is 9.59 Å². The lowest BCUT2D eigenvalue weighted by Crippen LogP contribution is -2.52. The standard InChI is InChI=1S/C16H17ClN4O3/c1-8-7-12(16(24)20-13(14(18)22)15(19)23)9(2)21(8)11-5-3-10(17)4-6-11/h3-7,13H,1-2H3,(H2,18,22)(H2,19,23)(H,20,24). The minimum absolute atomic E-state index is 0.315. The maximum absolute atomic E-state index is 12.4. The van der Waals surface area contributed by atoms with Gasteiger partial charge in [-0.2, -0.15) is 0 Å². The van der Waals surface area contributed by atoms with Gasteiger partial charge in [0.05, 0.1) is 5.56 Å². The lowest BCUT2D eigenvalue weighted by Gasteiger charge is -2.13. The van der Waals surface area contributed by atoms with Crippen molar-refractivity contribution < 1.29 is 14.4 Å². The SMILES string of the molecule is Cc1cc(C(=O)NC(C(N)=O)C(N)=O)c(C)n1-c1ccc(Cl)cc1. The molecule has 0 aliphatic heterocycles. The number of hydrogen-bond acceptors (Lipinski definition) is 3. The van der Waals surface area contributed by atoms with E-state index in [9.17, 15) is 14.4 Å². The van der Waals surface area contributed by atoms with E-state index in [2.05, 4.69) is 5.32 Å². The summed E-state index contributed by atoms with van der Waals surface area (Å²) in [4.78, 5) is 34.8. The summed E-state index contributed by atoms with van der Waals surface area (Å²) < 4.78 is 1.86. The van der Waals surface area contributed by atoms with E-state index in [0.717, 1.165) is 11.4 Å². The Morgan fingerprint density at radius 1 is 1.08 bits per heavy atom. The van der Waals surface area contributed by atoms with E-state index in [1.807, 2.05) is 23.6 Å². The van der Waals surface area contributed by atoms with E-state index in [-0.39, 0.29) is 0 Å². The van der Waals surface area contributed by atoms with Gasteiger partial charge in [-0.3, -0.25) is 14.4 Å². The van der Waals surface area contributed by atoms with Crippen molar-refractivity contribution in [1.29, 1.82) is 0 Å². The molecule has 3 amide bonds. The Balaban J connectivity index is 2.37. The van der Waals surface area contributed by atoms with Gasteiger partial charge in [0.25, 0.3) is 5.91 Å². The highest BCUT2D eigenvalue weighted by atomic mass is 35.5. The second-order valence-corrected chi connectivity index (χ2v) is 5.74. The zero-order valence-electron chi connectivity index (χ0n) is 13.2. The molecule has 2 aromatic rings. The monoisotopic (exact) mass is 348 g/mol. The molecule has 0 bridgehead atoms. The Labute approximate surface area is 143 Å². The molecule has 0 spiro atoms. The van der Waals surface area contributed by atoms with Crippen LogP contribution >= 0.6 is 11.6 Å². The average molecular weight is 349 g/mol. The van der Waals surface area contributed by atoms with Crippen molar-refractivity contribution >= 4 is 29.3 Å². The molecule has 0 fully saturated rings. The molecule has 1 heterocycles. The van der Waals surface area contributed by atoms with Gasteiger partial charge in [-0.1, -0.05) is 11.6 Å². The van der Waals surface area contributed by atoms with E-state index in [1.54, 1.807) is 25.1 Å². The summed E-state index contributed by atoms with van der Waals surface area (Å²) in [5.74, 6) is -2.63. The van der Waals surface area contributed by atoms with Gasteiger partial charge in [-0.15, -0.1) is 0 Å². The number of amides is 3. The largest absolute Gasteiger partial charge is 0.367 e. The van der Waals surface area contributed by atoms with Crippen molar-refractivity contribution in [3.05, 3.63) is 52.3 Å². The van der Waals surface area contributed by atoms with Crippen LogP contribution in [0.5, 0.6) is 0 Å². The van der Waals surface area contributed by atoms with Crippen LogP contribution in [-0.4, -0.2) is 28.3 Å². The van der Waals surface area contributed by atoms with Gasteiger partial charge in [-0.25, -0.2) is 0 Å². The number of halogens is 1. The molecule has 1 aromatic carbocycles. The first-order valence-corrected chi connectivity index (χ1v) is 7.44. The Morgan fingerprint density at radius 2 is 1.62 bits per heavy atom. The highest BCUT2D eigenvalue weighted by Crippen LogP contribution is 2.22. The predicted molar refractivity (Wildman–Crippen MR) is 89.9 cm³/mol. The van der Waals surface area contributed by atoms with Gasteiger partial charge in [0, 0.05) is 22.1 Å². The molecule has 0 radical (unpaired) electrons. The third-order valence-electron chi connectivity index (χ3n) is 3.61.